The van der Waals surface area contributed by atoms with Crippen molar-refractivity contribution < 1.29 is 14.6 Å². The standard InChI is InChI=1S/C16H24O3/c1-4-5-6-13-7-9-14(10-8-13)11-15(16(17)18)19-12(2)3/h7-10,12,15H,4-6,11H2,1-3H3,(H,17,18)/t15-/m0/s1. The van der Waals surface area contributed by atoms with Crippen LogP contribution in [0.25, 0.3) is 0 Å². The Morgan fingerprint density at radius 2 is 1.79 bits per heavy atom. The second kappa shape index (κ2) is 7.95. The van der Waals surface area contributed by atoms with Gasteiger partial charge in [0.2, 0.25) is 0 Å². The Morgan fingerprint density at radius 1 is 1.21 bits per heavy atom. The molecule has 1 N–H and O–H groups in total. The van der Waals surface area contributed by atoms with Crippen molar-refractivity contribution in [1.29, 1.82) is 0 Å². The van der Waals surface area contributed by atoms with Gasteiger partial charge in [-0.05, 0) is 37.8 Å². The number of benzene rings is 1. The fourth-order valence-corrected chi connectivity index (χ4v) is 1.96. The van der Waals surface area contributed by atoms with Crippen LogP contribution in [0.5, 0.6) is 0 Å². The lowest BCUT2D eigenvalue weighted by atomic mass is 10.0. The van der Waals surface area contributed by atoms with E-state index in [2.05, 4.69) is 19.1 Å². The van der Waals surface area contributed by atoms with Gasteiger partial charge in [0.05, 0.1) is 6.10 Å². The van der Waals surface area contributed by atoms with Gasteiger partial charge in [0, 0.05) is 6.42 Å². The summed E-state index contributed by atoms with van der Waals surface area (Å²) in [6, 6.07) is 8.17. The van der Waals surface area contributed by atoms with Crippen molar-refractivity contribution in [3.05, 3.63) is 35.4 Å². The van der Waals surface area contributed by atoms with Crippen LogP contribution in [0.4, 0.5) is 0 Å². The zero-order valence-electron chi connectivity index (χ0n) is 12.1. The van der Waals surface area contributed by atoms with E-state index < -0.39 is 12.1 Å². The van der Waals surface area contributed by atoms with Crippen molar-refractivity contribution in [2.75, 3.05) is 0 Å². The lowest BCUT2D eigenvalue weighted by molar-refractivity contribution is -0.153. The third-order valence-electron chi connectivity index (χ3n) is 2.97. The molecule has 1 rings (SSSR count). The third-order valence-corrected chi connectivity index (χ3v) is 2.97. The summed E-state index contributed by atoms with van der Waals surface area (Å²) in [6.07, 6.45) is 3.04. The quantitative estimate of drug-likeness (QED) is 0.782. The molecule has 0 spiro atoms. The Kier molecular flexibility index (Phi) is 6.57. The molecule has 19 heavy (non-hydrogen) atoms. The second-order valence-corrected chi connectivity index (χ2v) is 5.14. The lowest BCUT2D eigenvalue weighted by Crippen LogP contribution is -2.29. The first-order valence-electron chi connectivity index (χ1n) is 6.99. The van der Waals surface area contributed by atoms with Gasteiger partial charge >= 0.3 is 5.97 Å². The van der Waals surface area contributed by atoms with Crippen LogP contribution in [0.15, 0.2) is 24.3 Å². The van der Waals surface area contributed by atoms with Gasteiger partial charge in [-0.15, -0.1) is 0 Å². The highest BCUT2D eigenvalue weighted by atomic mass is 16.5. The number of carboxylic acid groups (broad SMARTS) is 1. The minimum absolute atomic E-state index is 0.0788. The molecule has 1 aromatic carbocycles. The minimum atomic E-state index is -0.899. The molecule has 0 bridgehead atoms. The largest absolute Gasteiger partial charge is 0.479 e. The first-order valence-corrected chi connectivity index (χ1v) is 6.99. The molecule has 0 radical (unpaired) electrons. The van der Waals surface area contributed by atoms with Crippen molar-refractivity contribution >= 4 is 5.97 Å². The highest BCUT2D eigenvalue weighted by molar-refractivity contribution is 5.72. The van der Waals surface area contributed by atoms with Gasteiger partial charge in [0.25, 0.3) is 0 Å². The predicted molar refractivity (Wildman–Crippen MR) is 76.4 cm³/mol. The van der Waals surface area contributed by atoms with Gasteiger partial charge in [-0.2, -0.15) is 0 Å². The smallest absolute Gasteiger partial charge is 0.333 e. The highest BCUT2D eigenvalue weighted by Crippen LogP contribution is 2.12. The van der Waals surface area contributed by atoms with E-state index >= 15 is 0 Å². The predicted octanol–water partition coefficient (Wildman–Crippen LogP) is 3.45. The molecule has 0 fully saturated rings. The molecule has 0 aromatic heterocycles. The summed E-state index contributed by atoms with van der Waals surface area (Å²) >= 11 is 0. The summed E-state index contributed by atoms with van der Waals surface area (Å²) in [6.45, 7) is 5.88. The van der Waals surface area contributed by atoms with Gasteiger partial charge in [-0.3, -0.25) is 0 Å². The topological polar surface area (TPSA) is 46.5 Å². The van der Waals surface area contributed by atoms with E-state index in [1.54, 1.807) is 0 Å². The Hall–Kier alpha value is -1.35. The summed E-state index contributed by atoms with van der Waals surface area (Å²) < 4.78 is 5.41. The molecule has 0 saturated carbocycles. The molecule has 1 aromatic rings. The van der Waals surface area contributed by atoms with Crippen LogP contribution in [0.1, 0.15) is 44.7 Å². The first-order chi connectivity index (χ1) is 9.02. The Morgan fingerprint density at radius 3 is 2.26 bits per heavy atom. The van der Waals surface area contributed by atoms with E-state index in [1.807, 2.05) is 26.0 Å². The molecular formula is C16H24O3. The number of aryl methyl sites for hydroxylation is 1. The second-order valence-electron chi connectivity index (χ2n) is 5.14. The molecule has 106 valence electrons. The number of hydrogen-bond acceptors (Lipinski definition) is 2. The van der Waals surface area contributed by atoms with Gasteiger partial charge in [0.15, 0.2) is 6.10 Å². The molecule has 0 unspecified atom stereocenters. The van der Waals surface area contributed by atoms with E-state index in [1.165, 1.54) is 18.4 Å². The summed E-state index contributed by atoms with van der Waals surface area (Å²) in [7, 11) is 0. The molecule has 1 atom stereocenters. The zero-order valence-corrected chi connectivity index (χ0v) is 12.1. The molecular weight excluding hydrogens is 240 g/mol. The monoisotopic (exact) mass is 264 g/mol. The summed E-state index contributed by atoms with van der Waals surface area (Å²) in [5.41, 5.74) is 2.32. The van der Waals surface area contributed by atoms with Crippen LogP contribution >= 0.6 is 0 Å². The average molecular weight is 264 g/mol. The number of ether oxygens (including phenoxy) is 1. The van der Waals surface area contributed by atoms with Gasteiger partial charge in [-0.25, -0.2) is 4.79 Å². The van der Waals surface area contributed by atoms with Crippen LogP contribution in [-0.2, 0) is 22.4 Å². The van der Waals surface area contributed by atoms with Crippen LogP contribution < -0.4 is 0 Å². The fraction of sp³-hybridized carbons (Fsp3) is 0.562. The van der Waals surface area contributed by atoms with Crippen LogP contribution in [0.2, 0.25) is 0 Å². The Labute approximate surface area is 115 Å². The number of rotatable bonds is 8. The van der Waals surface area contributed by atoms with Crippen molar-refractivity contribution in [3.63, 3.8) is 0 Å². The number of hydrogen-bond donors (Lipinski definition) is 1. The zero-order chi connectivity index (χ0) is 14.3. The highest BCUT2D eigenvalue weighted by Gasteiger charge is 2.19. The molecule has 3 nitrogen and oxygen atoms in total. The van der Waals surface area contributed by atoms with E-state index in [4.69, 9.17) is 9.84 Å². The molecule has 0 aliphatic rings. The normalized spacial score (nSPS) is 12.6. The van der Waals surface area contributed by atoms with Gasteiger partial charge in [-0.1, -0.05) is 37.6 Å². The Balaban J connectivity index is 2.61. The summed E-state index contributed by atoms with van der Waals surface area (Å²) in [5.74, 6) is -0.899. The van der Waals surface area contributed by atoms with Crippen molar-refractivity contribution in [2.45, 2.75) is 58.7 Å². The molecule has 0 amide bonds. The minimum Gasteiger partial charge on any atom is -0.479 e. The number of carbonyl (C=O) groups is 1. The maximum Gasteiger partial charge on any atom is 0.333 e. The maximum absolute atomic E-state index is 11.1. The van der Waals surface area contributed by atoms with Gasteiger partial charge < -0.3 is 9.84 Å². The van der Waals surface area contributed by atoms with Crippen LogP contribution in [0.3, 0.4) is 0 Å². The Bertz CT molecular complexity index is 381. The number of unbranched alkanes of at least 4 members (excludes halogenated alkanes) is 1. The SMILES string of the molecule is CCCCc1ccc(C[C@H](OC(C)C)C(=O)O)cc1. The van der Waals surface area contributed by atoms with Gasteiger partial charge in [0.1, 0.15) is 0 Å². The van der Waals surface area contributed by atoms with E-state index in [-0.39, 0.29) is 6.10 Å². The van der Waals surface area contributed by atoms with E-state index in [0.29, 0.717) is 6.42 Å². The summed E-state index contributed by atoms with van der Waals surface area (Å²) in [4.78, 5) is 11.1. The van der Waals surface area contributed by atoms with E-state index in [9.17, 15) is 4.79 Å². The van der Waals surface area contributed by atoms with Crippen LogP contribution in [0, 0.1) is 0 Å². The summed E-state index contributed by atoms with van der Waals surface area (Å²) in [5, 5.41) is 9.13. The van der Waals surface area contributed by atoms with Crippen molar-refractivity contribution in [1.82, 2.24) is 0 Å². The average Bonchev–Trinajstić information content (AvgIpc) is 2.36. The molecule has 0 aliphatic carbocycles. The molecule has 0 heterocycles. The third kappa shape index (κ3) is 5.88. The van der Waals surface area contributed by atoms with E-state index in [0.717, 1.165) is 12.0 Å². The van der Waals surface area contributed by atoms with Crippen LogP contribution in [-0.4, -0.2) is 23.3 Å². The van der Waals surface area contributed by atoms with Crippen molar-refractivity contribution in [3.8, 4) is 0 Å². The molecule has 0 saturated heterocycles. The maximum atomic E-state index is 11.1. The van der Waals surface area contributed by atoms with Crippen molar-refractivity contribution in [2.24, 2.45) is 0 Å². The molecule has 3 heteroatoms. The first kappa shape index (κ1) is 15.7. The number of carboxylic acids is 1. The molecule has 0 aliphatic heterocycles. The lowest BCUT2D eigenvalue weighted by Gasteiger charge is -2.16. The number of aliphatic carboxylic acids is 1. The fourth-order valence-electron chi connectivity index (χ4n) is 1.96.